The van der Waals surface area contributed by atoms with E-state index in [1.54, 1.807) is 34.8 Å². The molecule has 5 aromatic heterocycles. The number of hydrogen-bond donors (Lipinski definition) is 0. The highest BCUT2D eigenvalue weighted by molar-refractivity contribution is 7.33. The Morgan fingerprint density at radius 1 is 0.703 bits per heavy atom. The van der Waals surface area contributed by atoms with E-state index in [0.717, 1.165) is 50.7 Å². The van der Waals surface area contributed by atoms with Crippen LogP contribution in [0.3, 0.4) is 0 Å². The number of aromatic nitrogens is 2. The van der Waals surface area contributed by atoms with Crippen LogP contribution in [-0.4, -0.2) is 20.4 Å². The molecule has 6 rings (SSSR count). The SMILES string of the molecule is [C-]#[N+]C(C#N)=Nc1ccc(-c2cc3c4nsnc4c4cc(-c5ccc(N=C(C#N)[N+]#[C-])s5)sc4c3s2)s1. The summed E-state index contributed by atoms with van der Waals surface area (Å²) in [6.45, 7) is 14.1. The predicted molar refractivity (Wildman–Crippen MR) is 153 cm³/mol. The zero-order valence-corrected chi connectivity index (χ0v) is 22.2. The van der Waals surface area contributed by atoms with Crippen LogP contribution >= 0.6 is 57.1 Å². The number of nitriles is 2. The number of benzene rings is 1. The first kappa shape index (κ1) is 23.1. The normalized spacial score (nSPS) is 12.0. The Hall–Kier alpha value is -4.34. The Kier molecular flexibility index (Phi) is 5.78. The van der Waals surface area contributed by atoms with Gasteiger partial charge in [-0.05, 0) is 36.4 Å². The molecule has 0 unspecified atom stereocenters. The van der Waals surface area contributed by atoms with Gasteiger partial charge in [0.05, 0.1) is 21.1 Å². The number of thiophene rings is 4. The maximum Gasteiger partial charge on any atom is 0.350 e. The number of nitrogens with zero attached hydrogens (tertiary/aromatic N) is 8. The highest BCUT2D eigenvalue weighted by atomic mass is 32.1. The molecule has 0 amide bonds. The van der Waals surface area contributed by atoms with E-state index in [4.69, 9.17) is 23.7 Å². The minimum absolute atomic E-state index is 0.187. The Labute approximate surface area is 228 Å². The smallest absolute Gasteiger partial charge is 0.350 e. The van der Waals surface area contributed by atoms with E-state index < -0.39 is 0 Å². The van der Waals surface area contributed by atoms with Crippen molar-refractivity contribution in [3.8, 4) is 31.6 Å². The van der Waals surface area contributed by atoms with E-state index in [-0.39, 0.29) is 11.7 Å². The molecule has 0 saturated carbocycles. The lowest BCUT2D eigenvalue weighted by Crippen LogP contribution is -1.80. The summed E-state index contributed by atoms with van der Waals surface area (Å²) < 4.78 is 11.4. The molecule has 0 atom stereocenters. The molecule has 1 aromatic carbocycles. The minimum Gasteiger partial charge on any atom is -0.351 e. The molecule has 0 fully saturated rings. The molecular weight excluding hydrogens is 561 g/mol. The summed E-state index contributed by atoms with van der Waals surface area (Å²) in [5, 5.41) is 21.3. The van der Waals surface area contributed by atoms with Crippen LogP contribution in [0.2, 0.25) is 0 Å². The van der Waals surface area contributed by atoms with Gasteiger partial charge in [0.25, 0.3) is 0 Å². The lowest BCUT2D eigenvalue weighted by molar-refractivity contribution is 1.53. The summed E-state index contributed by atoms with van der Waals surface area (Å²) >= 11 is 7.38. The van der Waals surface area contributed by atoms with Crippen LogP contribution in [-0.2, 0) is 0 Å². The largest absolute Gasteiger partial charge is 0.351 e. The fourth-order valence-corrected chi connectivity index (χ4v) is 8.62. The fraction of sp³-hybridized carbons (Fsp3) is 0. The molecule has 0 radical (unpaired) electrons. The van der Waals surface area contributed by atoms with Crippen molar-refractivity contribution in [1.29, 1.82) is 10.5 Å². The number of aliphatic imine (C=N–C) groups is 2. The molecule has 6 aromatic rings. The lowest BCUT2D eigenvalue weighted by atomic mass is 10.1. The first-order valence-corrected chi connectivity index (χ1v) is 14.2. The van der Waals surface area contributed by atoms with Gasteiger partial charge in [-0.3, -0.25) is 0 Å². The average Bonchev–Trinajstić information content (AvgIpc) is 3.72. The van der Waals surface area contributed by atoms with Crippen molar-refractivity contribution < 1.29 is 0 Å². The summed E-state index contributed by atoms with van der Waals surface area (Å²) in [6, 6.07) is 15.4. The molecule has 0 bridgehead atoms. The van der Waals surface area contributed by atoms with Crippen molar-refractivity contribution in [2.75, 3.05) is 0 Å². The topological polar surface area (TPSA) is 107 Å². The molecule has 13 heteroatoms. The Bertz CT molecular complexity index is 1920. The summed E-state index contributed by atoms with van der Waals surface area (Å²) in [7, 11) is 0. The second kappa shape index (κ2) is 9.27. The first-order chi connectivity index (χ1) is 18.1. The minimum atomic E-state index is -0.187. The van der Waals surface area contributed by atoms with Gasteiger partial charge >= 0.3 is 11.7 Å². The van der Waals surface area contributed by atoms with Gasteiger partial charge < -0.3 is 9.69 Å². The number of fused-ring (bicyclic) bond motifs is 6. The zero-order valence-electron chi connectivity index (χ0n) is 18.1. The van der Waals surface area contributed by atoms with E-state index in [1.165, 1.54) is 34.4 Å². The molecule has 0 aliphatic heterocycles. The third-order valence-electron chi connectivity index (χ3n) is 5.18. The maximum absolute atomic E-state index is 9.01. The van der Waals surface area contributed by atoms with Crippen LogP contribution in [0.5, 0.6) is 0 Å². The summed E-state index contributed by atoms with van der Waals surface area (Å²) in [5.74, 6) is -0.374. The van der Waals surface area contributed by atoms with Crippen molar-refractivity contribution in [1.82, 2.24) is 8.75 Å². The molecular formula is C24H6N8S5. The third kappa shape index (κ3) is 3.98. The standard InChI is InChI=1S/C24H6N8S5/c1-27-17(9-25)29-19-5-3-13(33-19)15-7-11-21-22(32-37-31-21)12-8-16(36-24(12)23(11)35-15)14-4-6-20(34-14)30-18(10-26)28-2/h3-8H. The van der Waals surface area contributed by atoms with Gasteiger partial charge in [-0.2, -0.15) is 8.75 Å². The van der Waals surface area contributed by atoms with Gasteiger partial charge in [-0.1, -0.05) is 45.8 Å². The van der Waals surface area contributed by atoms with E-state index in [0.29, 0.717) is 10.0 Å². The lowest BCUT2D eigenvalue weighted by Gasteiger charge is -1.93. The molecule has 0 N–H and O–H groups in total. The van der Waals surface area contributed by atoms with Gasteiger partial charge in [0, 0.05) is 30.3 Å². The molecule has 8 nitrogen and oxygen atoms in total. The van der Waals surface area contributed by atoms with E-state index in [9.17, 15) is 0 Å². The maximum atomic E-state index is 9.01. The van der Waals surface area contributed by atoms with Crippen molar-refractivity contribution >= 4 is 110 Å². The molecule has 0 aliphatic rings. The van der Waals surface area contributed by atoms with Crippen molar-refractivity contribution in [3.05, 3.63) is 59.2 Å². The van der Waals surface area contributed by atoms with Crippen LogP contribution in [0.15, 0.2) is 46.4 Å². The number of rotatable bonds is 4. The van der Waals surface area contributed by atoms with Gasteiger partial charge in [-0.25, -0.2) is 10.5 Å². The monoisotopic (exact) mass is 566 g/mol. The van der Waals surface area contributed by atoms with Crippen LogP contribution in [0.25, 0.3) is 60.4 Å². The van der Waals surface area contributed by atoms with Gasteiger partial charge in [0.1, 0.15) is 23.2 Å². The van der Waals surface area contributed by atoms with E-state index in [2.05, 4.69) is 40.6 Å². The van der Waals surface area contributed by atoms with E-state index >= 15 is 0 Å². The Morgan fingerprint density at radius 3 is 1.57 bits per heavy atom. The first-order valence-electron chi connectivity index (χ1n) is 10.2. The summed E-state index contributed by atoms with van der Waals surface area (Å²) in [5.41, 5.74) is 1.72. The third-order valence-corrected chi connectivity index (χ3v) is 10.5. The Balaban J connectivity index is 1.49. The molecule has 5 heterocycles. The van der Waals surface area contributed by atoms with Gasteiger partial charge in [0.2, 0.25) is 10.0 Å². The second-order valence-electron chi connectivity index (χ2n) is 7.26. The summed E-state index contributed by atoms with van der Waals surface area (Å²) in [4.78, 5) is 18.6. The number of hydrogen-bond acceptors (Lipinski definition) is 11. The van der Waals surface area contributed by atoms with Crippen molar-refractivity contribution in [3.63, 3.8) is 0 Å². The molecule has 37 heavy (non-hydrogen) atoms. The second-order valence-corrected chi connectivity index (χ2v) is 12.0. The fourth-order valence-electron chi connectivity index (χ4n) is 3.66. The van der Waals surface area contributed by atoms with Gasteiger partial charge in [0.15, 0.2) is 0 Å². The highest BCUT2D eigenvalue weighted by Gasteiger charge is 2.20. The van der Waals surface area contributed by atoms with Crippen LogP contribution in [0.4, 0.5) is 10.0 Å². The molecule has 0 spiro atoms. The van der Waals surface area contributed by atoms with Gasteiger partial charge in [-0.15, -0.1) is 22.7 Å². The molecule has 0 aliphatic carbocycles. The van der Waals surface area contributed by atoms with Crippen molar-refractivity contribution in [2.45, 2.75) is 0 Å². The number of amidine groups is 2. The predicted octanol–water partition coefficient (Wildman–Crippen LogP) is 8.52. The van der Waals surface area contributed by atoms with Crippen LogP contribution in [0, 0.1) is 35.8 Å². The Morgan fingerprint density at radius 2 is 1.16 bits per heavy atom. The summed E-state index contributed by atoms with van der Waals surface area (Å²) in [6.07, 6.45) is 0. The van der Waals surface area contributed by atoms with E-state index in [1.807, 2.05) is 24.3 Å². The van der Waals surface area contributed by atoms with Crippen LogP contribution < -0.4 is 0 Å². The zero-order chi connectivity index (χ0) is 25.5. The average molecular weight is 567 g/mol. The highest BCUT2D eigenvalue weighted by Crippen LogP contribution is 2.49. The molecule has 0 saturated heterocycles. The quantitative estimate of drug-likeness (QED) is 0.121. The van der Waals surface area contributed by atoms with Crippen molar-refractivity contribution in [2.24, 2.45) is 9.98 Å². The molecule has 172 valence electrons. The van der Waals surface area contributed by atoms with Crippen LogP contribution in [0.1, 0.15) is 0 Å².